The van der Waals surface area contributed by atoms with Gasteiger partial charge in [0.1, 0.15) is 18.4 Å². The number of fused-ring (bicyclic) bond motifs is 1. The number of hydrogen-bond donors (Lipinski definition) is 3. The largest absolute Gasteiger partial charge is 0.488 e. The van der Waals surface area contributed by atoms with E-state index in [9.17, 15) is 4.79 Å². The highest BCUT2D eigenvalue weighted by atomic mass is 16.5. The smallest absolute Gasteiger partial charge is 0.320 e. The minimum absolute atomic E-state index is 0.251. The lowest BCUT2D eigenvalue weighted by Gasteiger charge is -2.10. The van der Waals surface area contributed by atoms with E-state index in [1.807, 2.05) is 48.5 Å². The summed E-state index contributed by atoms with van der Waals surface area (Å²) in [5.74, 6) is -0.290. The molecule has 5 nitrogen and oxygen atoms in total. The summed E-state index contributed by atoms with van der Waals surface area (Å²) in [5, 5.41) is 9.90. The van der Waals surface area contributed by atoms with Crippen molar-refractivity contribution in [1.82, 2.24) is 4.98 Å². The predicted octanol–water partition coefficient (Wildman–Crippen LogP) is 2.70. The molecule has 0 aliphatic heterocycles. The van der Waals surface area contributed by atoms with Crippen LogP contribution in [-0.2, 0) is 17.8 Å². The van der Waals surface area contributed by atoms with E-state index in [0.717, 1.165) is 27.8 Å². The fourth-order valence-electron chi connectivity index (χ4n) is 2.56. The first kappa shape index (κ1) is 15.1. The molecule has 0 aliphatic carbocycles. The number of benzene rings is 2. The molecule has 0 saturated carbocycles. The highest BCUT2D eigenvalue weighted by Gasteiger charge is 2.17. The number of aromatic nitrogens is 1. The zero-order valence-electron chi connectivity index (χ0n) is 12.5. The van der Waals surface area contributed by atoms with E-state index in [1.165, 1.54) is 0 Å². The first-order chi connectivity index (χ1) is 11.1. The van der Waals surface area contributed by atoms with E-state index in [4.69, 9.17) is 15.6 Å². The van der Waals surface area contributed by atoms with Gasteiger partial charge in [-0.25, -0.2) is 0 Å². The molecule has 0 amide bonds. The first-order valence-corrected chi connectivity index (χ1v) is 7.39. The number of carboxylic acid groups (broad SMARTS) is 1. The zero-order chi connectivity index (χ0) is 16.2. The summed E-state index contributed by atoms with van der Waals surface area (Å²) >= 11 is 0. The fourth-order valence-corrected chi connectivity index (χ4v) is 2.56. The van der Waals surface area contributed by atoms with Crippen LogP contribution < -0.4 is 10.5 Å². The van der Waals surface area contributed by atoms with Gasteiger partial charge in [0.25, 0.3) is 0 Å². The van der Waals surface area contributed by atoms with Crippen LogP contribution in [0.4, 0.5) is 0 Å². The van der Waals surface area contributed by atoms with Gasteiger partial charge in [-0.05, 0) is 23.3 Å². The molecule has 5 heteroatoms. The molecule has 118 valence electrons. The van der Waals surface area contributed by atoms with Crippen molar-refractivity contribution in [1.29, 1.82) is 0 Å². The molecule has 0 radical (unpaired) electrons. The van der Waals surface area contributed by atoms with Crippen molar-refractivity contribution in [2.24, 2.45) is 5.73 Å². The monoisotopic (exact) mass is 310 g/mol. The molecule has 3 rings (SSSR count). The molecule has 0 bridgehead atoms. The van der Waals surface area contributed by atoms with E-state index in [2.05, 4.69) is 4.98 Å². The summed E-state index contributed by atoms with van der Waals surface area (Å²) in [6, 6.07) is 14.7. The Morgan fingerprint density at radius 1 is 1.17 bits per heavy atom. The number of carbonyl (C=O) groups is 1. The lowest BCUT2D eigenvalue weighted by atomic mass is 10.0. The van der Waals surface area contributed by atoms with Crippen molar-refractivity contribution in [3.8, 4) is 5.75 Å². The summed E-state index contributed by atoms with van der Waals surface area (Å²) in [6.07, 6.45) is 2.05. The quantitative estimate of drug-likeness (QED) is 0.653. The fraction of sp³-hybridized carbons (Fsp3) is 0.167. The summed E-state index contributed by atoms with van der Waals surface area (Å²) in [5.41, 5.74) is 8.48. The lowest BCUT2D eigenvalue weighted by Crippen LogP contribution is -2.32. The molecule has 3 aromatic rings. The Balaban J connectivity index is 1.87. The van der Waals surface area contributed by atoms with Crippen LogP contribution in [0.1, 0.15) is 11.1 Å². The lowest BCUT2D eigenvalue weighted by molar-refractivity contribution is -0.138. The van der Waals surface area contributed by atoms with Gasteiger partial charge in [-0.15, -0.1) is 0 Å². The molecule has 1 aromatic heterocycles. The number of aliphatic carboxylic acids is 1. The number of nitrogens with one attached hydrogen (secondary N) is 1. The predicted molar refractivity (Wildman–Crippen MR) is 88.4 cm³/mol. The van der Waals surface area contributed by atoms with Gasteiger partial charge in [0.15, 0.2) is 0 Å². The maximum atomic E-state index is 11.0. The van der Waals surface area contributed by atoms with Crippen molar-refractivity contribution in [3.05, 3.63) is 65.9 Å². The van der Waals surface area contributed by atoms with Crippen LogP contribution in [0.25, 0.3) is 10.9 Å². The number of rotatable bonds is 6. The molecule has 0 saturated heterocycles. The Kier molecular flexibility index (Phi) is 4.30. The molecule has 1 unspecified atom stereocenters. The number of aromatic amines is 1. The third-order valence-electron chi connectivity index (χ3n) is 3.74. The SMILES string of the molecule is NC(Cc1c[nH]c2cccc(OCc3ccccc3)c12)C(=O)O. The van der Waals surface area contributed by atoms with E-state index in [0.29, 0.717) is 6.61 Å². The van der Waals surface area contributed by atoms with Crippen LogP contribution >= 0.6 is 0 Å². The van der Waals surface area contributed by atoms with Crippen LogP contribution in [0.15, 0.2) is 54.7 Å². The van der Waals surface area contributed by atoms with E-state index in [1.54, 1.807) is 6.20 Å². The van der Waals surface area contributed by atoms with Gasteiger partial charge in [-0.1, -0.05) is 36.4 Å². The topological polar surface area (TPSA) is 88.3 Å². The van der Waals surface area contributed by atoms with Gasteiger partial charge >= 0.3 is 5.97 Å². The normalized spacial score (nSPS) is 12.2. The van der Waals surface area contributed by atoms with E-state index < -0.39 is 12.0 Å². The summed E-state index contributed by atoms with van der Waals surface area (Å²) in [4.78, 5) is 14.1. The Hall–Kier alpha value is -2.79. The van der Waals surface area contributed by atoms with Gasteiger partial charge in [-0.3, -0.25) is 4.79 Å². The summed E-state index contributed by atoms with van der Waals surface area (Å²) < 4.78 is 5.94. The van der Waals surface area contributed by atoms with Gasteiger partial charge in [-0.2, -0.15) is 0 Å². The minimum atomic E-state index is -1.01. The van der Waals surface area contributed by atoms with Crippen molar-refractivity contribution in [3.63, 3.8) is 0 Å². The molecule has 1 atom stereocenters. The van der Waals surface area contributed by atoms with Gasteiger partial charge < -0.3 is 20.6 Å². The number of hydrogen-bond acceptors (Lipinski definition) is 3. The highest BCUT2D eigenvalue weighted by molar-refractivity contribution is 5.90. The van der Waals surface area contributed by atoms with Gasteiger partial charge in [0.05, 0.1) is 0 Å². The van der Waals surface area contributed by atoms with Gasteiger partial charge in [0, 0.05) is 23.5 Å². The van der Waals surface area contributed by atoms with Crippen LogP contribution in [0.5, 0.6) is 5.75 Å². The molecule has 0 fully saturated rings. The number of nitrogens with two attached hydrogens (primary N) is 1. The van der Waals surface area contributed by atoms with Crippen molar-refractivity contribution in [2.45, 2.75) is 19.1 Å². The molecule has 23 heavy (non-hydrogen) atoms. The highest BCUT2D eigenvalue weighted by Crippen LogP contribution is 2.30. The van der Waals surface area contributed by atoms with Crippen LogP contribution in [0.2, 0.25) is 0 Å². The molecular weight excluding hydrogens is 292 g/mol. The van der Waals surface area contributed by atoms with Gasteiger partial charge in [0.2, 0.25) is 0 Å². The average Bonchev–Trinajstić information content (AvgIpc) is 2.97. The van der Waals surface area contributed by atoms with Crippen molar-refractivity contribution >= 4 is 16.9 Å². The minimum Gasteiger partial charge on any atom is -0.488 e. The third-order valence-corrected chi connectivity index (χ3v) is 3.74. The van der Waals surface area contributed by atoms with Crippen molar-refractivity contribution < 1.29 is 14.6 Å². The van der Waals surface area contributed by atoms with Crippen LogP contribution in [0, 0.1) is 0 Å². The molecule has 2 aromatic carbocycles. The number of carboxylic acids is 1. The summed E-state index contributed by atoms with van der Waals surface area (Å²) in [6.45, 7) is 0.454. The first-order valence-electron chi connectivity index (χ1n) is 7.39. The van der Waals surface area contributed by atoms with E-state index >= 15 is 0 Å². The maximum Gasteiger partial charge on any atom is 0.320 e. The number of ether oxygens (including phenoxy) is 1. The van der Waals surface area contributed by atoms with E-state index in [-0.39, 0.29) is 6.42 Å². The Morgan fingerprint density at radius 3 is 2.70 bits per heavy atom. The molecule has 1 heterocycles. The second-order valence-corrected chi connectivity index (χ2v) is 5.42. The maximum absolute atomic E-state index is 11.0. The molecular formula is C18H18N2O3. The van der Waals surface area contributed by atoms with Crippen LogP contribution in [0.3, 0.4) is 0 Å². The zero-order valence-corrected chi connectivity index (χ0v) is 12.5. The standard InChI is InChI=1S/C18H18N2O3/c19-14(18(21)22)9-13-10-20-15-7-4-8-16(17(13)15)23-11-12-5-2-1-3-6-12/h1-8,10,14,20H,9,11,19H2,(H,21,22). The number of H-pyrrole nitrogens is 1. The molecule has 0 aliphatic rings. The average molecular weight is 310 g/mol. The Bertz CT molecular complexity index is 812. The molecule has 4 N–H and O–H groups in total. The van der Waals surface area contributed by atoms with Crippen molar-refractivity contribution in [2.75, 3.05) is 0 Å². The van der Waals surface area contributed by atoms with Crippen LogP contribution in [-0.4, -0.2) is 22.1 Å². The molecule has 0 spiro atoms. The second kappa shape index (κ2) is 6.54. The second-order valence-electron chi connectivity index (χ2n) is 5.42. The Labute approximate surface area is 133 Å². The third kappa shape index (κ3) is 3.35. The summed E-state index contributed by atoms with van der Waals surface area (Å²) in [7, 11) is 0. The Morgan fingerprint density at radius 2 is 1.96 bits per heavy atom.